The van der Waals surface area contributed by atoms with Crippen molar-refractivity contribution in [2.24, 2.45) is 5.73 Å². The SMILES string of the molecule is Cc1cc(C)c2c(C(C)N)noc2n1. The monoisotopic (exact) mass is 191 g/mol. The lowest BCUT2D eigenvalue weighted by atomic mass is 10.1. The fraction of sp³-hybridized carbons (Fsp3) is 0.400. The predicted molar refractivity (Wildman–Crippen MR) is 53.9 cm³/mol. The van der Waals surface area contributed by atoms with Crippen LogP contribution in [0.15, 0.2) is 10.6 Å². The summed E-state index contributed by atoms with van der Waals surface area (Å²) in [6, 6.07) is 1.88. The summed E-state index contributed by atoms with van der Waals surface area (Å²) in [7, 11) is 0. The van der Waals surface area contributed by atoms with Crippen molar-refractivity contribution in [3.63, 3.8) is 0 Å². The van der Waals surface area contributed by atoms with Crippen LogP contribution in [-0.2, 0) is 0 Å². The number of fused-ring (bicyclic) bond motifs is 1. The highest BCUT2D eigenvalue weighted by molar-refractivity contribution is 5.80. The van der Waals surface area contributed by atoms with Crippen molar-refractivity contribution in [3.05, 3.63) is 23.0 Å². The van der Waals surface area contributed by atoms with Gasteiger partial charge < -0.3 is 10.3 Å². The number of aryl methyl sites for hydroxylation is 2. The standard InChI is InChI=1S/C10H13N3O/c1-5-4-6(2)12-10-8(5)9(7(3)11)13-14-10/h4,7H,11H2,1-3H3. The van der Waals surface area contributed by atoms with E-state index in [0.717, 1.165) is 22.3 Å². The summed E-state index contributed by atoms with van der Waals surface area (Å²) in [5.74, 6) is 0. The number of hydrogen-bond donors (Lipinski definition) is 1. The molecule has 1 atom stereocenters. The van der Waals surface area contributed by atoms with Crippen LogP contribution in [0.25, 0.3) is 11.1 Å². The third kappa shape index (κ3) is 1.28. The first-order valence-electron chi connectivity index (χ1n) is 4.58. The summed E-state index contributed by atoms with van der Waals surface area (Å²) in [5.41, 5.74) is 9.19. The molecule has 0 saturated heterocycles. The van der Waals surface area contributed by atoms with Crippen molar-refractivity contribution >= 4 is 11.1 Å². The lowest BCUT2D eigenvalue weighted by molar-refractivity contribution is 0.433. The Morgan fingerprint density at radius 3 is 2.79 bits per heavy atom. The van der Waals surface area contributed by atoms with Gasteiger partial charge in [-0.25, -0.2) is 4.98 Å². The van der Waals surface area contributed by atoms with Crippen LogP contribution in [0.5, 0.6) is 0 Å². The van der Waals surface area contributed by atoms with Gasteiger partial charge >= 0.3 is 0 Å². The smallest absolute Gasteiger partial charge is 0.258 e. The second kappa shape index (κ2) is 3.06. The summed E-state index contributed by atoms with van der Waals surface area (Å²) >= 11 is 0. The van der Waals surface area contributed by atoms with Crippen LogP contribution in [0, 0.1) is 13.8 Å². The molecular formula is C10H13N3O. The number of hydrogen-bond acceptors (Lipinski definition) is 4. The zero-order valence-corrected chi connectivity index (χ0v) is 8.53. The Hall–Kier alpha value is -1.42. The summed E-state index contributed by atoms with van der Waals surface area (Å²) in [5, 5.41) is 4.88. The van der Waals surface area contributed by atoms with Gasteiger partial charge in [0, 0.05) is 11.7 Å². The van der Waals surface area contributed by atoms with Gasteiger partial charge in [-0.2, -0.15) is 0 Å². The Bertz CT molecular complexity index is 473. The normalized spacial score (nSPS) is 13.4. The summed E-state index contributed by atoms with van der Waals surface area (Å²) in [6.07, 6.45) is 0. The molecule has 2 N–H and O–H groups in total. The number of nitrogens with two attached hydrogens (primary N) is 1. The van der Waals surface area contributed by atoms with E-state index in [1.807, 2.05) is 26.8 Å². The largest absolute Gasteiger partial charge is 0.335 e. The number of aromatic nitrogens is 2. The summed E-state index contributed by atoms with van der Waals surface area (Å²) in [6.45, 7) is 5.83. The van der Waals surface area contributed by atoms with E-state index in [2.05, 4.69) is 10.1 Å². The van der Waals surface area contributed by atoms with E-state index in [9.17, 15) is 0 Å². The average molecular weight is 191 g/mol. The van der Waals surface area contributed by atoms with Gasteiger partial charge in [0.2, 0.25) is 0 Å². The van der Waals surface area contributed by atoms with Crippen molar-refractivity contribution in [1.82, 2.24) is 10.1 Å². The first-order valence-corrected chi connectivity index (χ1v) is 4.58. The molecule has 14 heavy (non-hydrogen) atoms. The Labute approximate surface area is 82.1 Å². The van der Waals surface area contributed by atoms with Crippen molar-refractivity contribution in [1.29, 1.82) is 0 Å². The van der Waals surface area contributed by atoms with Crippen molar-refractivity contribution in [2.45, 2.75) is 26.8 Å². The van der Waals surface area contributed by atoms with Crippen LogP contribution < -0.4 is 5.73 Å². The van der Waals surface area contributed by atoms with Crippen molar-refractivity contribution in [2.75, 3.05) is 0 Å². The molecule has 0 aliphatic rings. The summed E-state index contributed by atoms with van der Waals surface area (Å²) < 4.78 is 5.13. The quantitative estimate of drug-likeness (QED) is 0.747. The topological polar surface area (TPSA) is 64.9 Å². The first kappa shape index (κ1) is 9.15. The highest BCUT2D eigenvalue weighted by atomic mass is 16.5. The molecule has 0 aliphatic carbocycles. The first-order chi connectivity index (χ1) is 6.59. The molecule has 0 fully saturated rings. The minimum absolute atomic E-state index is 0.126. The van der Waals surface area contributed by atoms with Gasteiger partial charge in [0.25, 0.3) is 5.71 Å². The third-order valence-corrected chi connectivity index (χ3v) is 2.23. The highest BCUT2D eigenvalue weighted by Gasteiger charge is 2.15. The van der Waals surface area contributed by atoms with E-state index in [4.69, 9.17) is 10.3 Å². The lowest BCUT2D eigenvalue weighted by Crippen LogP contribution is -2.06. The van der Waals surface area contributed by atoms with Gasteiger partial charge in [0.05, 0.1) is 5.39 Å². The molecule has 0 radical (unpaired) electrons. The fourth-order valence-corrected chi connectivity index (χ4v) is 1.63. The van der Waals surface area contributed by atoms with E-state index in [1.54, 1.807) is 0 Å². The zero-order chi connectivity index (χ0) is 10.3. The molecule has 2 aromatic rings. The van der Waals surface area contributed by atoms with Gasteiger partial charge in [0.15, 0.2) is 0 Å². The minimum Gasteiger partial charge on any atom is -0.335 e. The van der Waals surface area contributed by atoms with Gasteiger partial charge in [0.1, 0.15) is 5.69 Å². The van der Waals surface area contributed by atoms with Crippen LogP contribution >= 0.6 is 0 Å². The predicted octanol–water partition coefficient (Wildman–Crippen LogP) is 1.86. The van der Waals surface area contributed by atoms with E-state index in [-0.39, 0.29) is 6.04 Å². The minimum atomic E-state index is -0.126. The Kier molecular flexibility index (Phi) is 2.00. The Morgan fingerprint density at radius 1 is 1.43 bits per heavy atom. The zero-order valence-electron chi connectivity index (χ0n) is 8.53. The van der Waals surface area contributed by atoms with E-state index >= 15 is 0 Å². The molecule has 0 amide bonds. The Morgan fingerprint density at radius 2 is 2.14 bits per heavy atom. The maximum atomic E-state index is 5.78. The molecule has 0 aromatic carbocycles. The van der Waals surface area contributed by atoms with Gasteiger partial charge in [-0.15, -0.1) is 0 Å². The second-order valence-electron chi connectivity index (χ2n) is 3.62. The number of nitrogens with zero attached hydrogens (tertiary/aromatic N) is 2. The molecular weight excluding hydrogens is 178 g/mol. The summed E-state index contributed by atoms with van der Waals surface area (Å²) in [4.78, 5) is 4.25. The van der Waals surface area contributed by atoms with Gasteiger partial charge in [-0.05, 0) is 32.4 Å². The molecule has 2 heterocycles. The molecule has 0 bridgehead atoms. The lowest BCUT2D eigenvalue weighted by Gasteiger charge is -2.01. The molecule has 0 spiro atoms. The number of pyridine rings is 1. The fourth-order valence-electron chi connectivity index (χ4n) is 1.63. The van der Waals surface area contributed by atoms with E-state index in [1.165, 1.54) is 0 Å². The highest BCUT2D eigenvalue weighted by Crippen LogP contribution is 2.24. The van der Waals surface area contributed by atoms with Crippen molar-refractivity contribution < 1.29 is 4.52 Å². The Balaban J connectivity index is 2.79. The molecule has 0 saturated carbocycles. The molecule has 4 nitrogen and oxygen atoms in total. The molecule has 0 aliphatic heterocycles. The second-order valence-corrected chi connectivity index (χ2v) is 3.62. The molecule has 2 rings (SSSR count). The van der Waals surface area contributed by atoms with E-state index in [0.29, 0.717) is 5.71 Å². The molecule has 4 heteroatoms. The maximum absolute atomic E-state index is 5.78. The van der Waals surface area contributed by atoms with Crippen LogP contribution in [0.1, 0.15) is 29.9 Å². The molecule has 74 valence electrons. The van der Waals surface area contributed by atoms with Crippen LogP contribution in [-0.4, -0.2) is 10.1 Å². The van der Waals surface area contributed by atoms with Crippen LogP contribution in [0.2, 0.25) is 0 Å². The van der Waals surface area contributed by atoms with Crippen molar-refractivity contribution in [3.8, 4) is 0 Å². The molecule has 2 aromatic heterocycles. The maximum Gasteiger partial charge on any atom is 0.258 e. The average Bonchev–Trinajstić information content (AvgIpc) is 2.47. The number of rotatable bonds is 1. The van der Waals surface area contributed by atoms with Crippen LogP contribution in [0.3, 0.4) is 0 Å². The van der Waals surface area contributed by atoms with Crippen LogP contribution in [0.4, 0.5) is 0 Å². The third-order valence-electron chi connectivity index (χ3n) is 2.23. The van der Waals surface area contributed by atoms with Gasteiger partial charge in [-0.1, -0.05) is 5.16 Å². The van der Waals surface area contributed by atoms with Gasteiger partial charge in [-0.3, -0.25) is 0 Å². The molecule has 1 unspecified atom stereocenters. The van der Waals surface area contributed by atoms with E-state index < -0.39 is 0 Å².